The summed E-state index contributed by atoms with van der Waals surface area (Å²) in [6.45, 7) is 10.5. The highest BCUT2D eigenvalue weighted by atomic mass is 15.3. The predicted octanol–water partition coefficient (Wildman–Crippen LogP) is 2.27. The molecule has 0 aliphatic carbocycles. The average Bonchev–Trinajstić information content (AvgIpc) is 2.27. The second-order valence-electron chi connectivity index (χ2n) is 5.31. The first-order valence-corrected chi connectivity index (χ1v) is 5.99. The molecular weight excluding hydrogens is 214 g/mol. The Labute approximate surface area is 103 Å². The van der Waals surface area contributed by atoms with Crippen molar-refractivity contribution in [2.45, 2.75) is 52.5 Å². The highest BCUT2D eigenvalue weighted by Gasteiger charge is 2.19. The van der Waals surface area contributed by atoms with Gasteiger partial charge >= 0.3 is 0 Å². The molecular formula is C12H23N5. The number of nitrogens with two attached hydrogens (primary N) is 1. The van der Waals surface area contributed by atoms with Crippen molar-refractivity contribution in [1.82, 2.24) is 9.97 Å². The van der Waals surface area contributed by atoms with E-state index in [0.29, 0.717) is 11.9 Å². The third-order valence-corrected chi connectivity index (χ3v) is 2.55. The van der Waals surface area contributed by atoms with Gasteiger partial charge in [-0.05, 0) is 13.3 Å². The van der Waals surface area contributed by atoms with Gasteiger partial charge in [0.1, 0.15) is 17.5 Å². The van der Waals surface area contributed by atoms with Crippen molar-refractivity contribution in [3.8, 4) is 0 Å². The summed E-state index contributed by atoms with van der Waals surface area (Å²) in [4.78, 5) is 8.89. The zero-order valence-electron chi connectivity index (χ0n) is 11.3. The fourth-order valence-electron chi connectivity index (χ4n) is 1.29. The zero-order valence-corrected chi connectivity index (χ0v) is 11.3. The minimum absolute atomic E-state index is 0.0985. The van der Waals surface area contributed by atoms with Gasteiger partial charge in [-0.3, -0.25) is 0 Å². The van der Waals surface area contributed by atoms with Crippen molar-refractivity contribution in [2.24, 2.45) is 5.84 Å². The van der Waals surface area contributed by atoms with Crippen molar-refractivity contribution < 1.29 is 0 Å². The Hall–Kier alpha value is -1.36. The average molecular weight is 237 g/mol. The number of nitrogens with one attached hydrogen (secondary N) is 2. The van der Waals surface area contributed by atoms with E-state index in [-0.39, 0.29) is 5.41 Å². The molecule has 5 nitrogen and oxygen atoms in total. The van der Waals surface area contributed by atoms with E-state index < -0.39 is 0 Å². The van der Waals surface area contributed by atoms with Gasteiger partial charge in [0.2, 0.25) is 0 Å². The lowest BCUT2D eigenvalue weighted by Gasteiger charge is -2.20. The van der Waals surface area contributed by atoms with Crippen LogP contribution in [0.5, 0.6) is 0 Å². The Balaban J connectivity index is 3.05. The summed E-state index contributed by atoms with van der Waals surface area (Å²) in [7, 11) is 0. The molecule has 1 aromatic rings. The highest BCUT2D eigenvalue weighted by Crippen LogP contribution is 2.22. The van der Waals surface area contributed by atoms with E-state index in [2.05, 4.69) is 55.3 Å². The Morgan fingerprint density at radius 1 is 1.29 bits per heavy atom. The van der Waals surface area contributed by atoms with E-state index in [4.69, 9.17) is 5.84 Å². The molecule has 1 unspecified atom stereocenters. The minimum Gasteiger partial charge on any atom is -0.367 e. The number of rotatable bonds is 4. The lowest BCUT2D eigenvalue weighted by Crippen LogP contribution is -2.22. The molecule has 17 heavy (non-hydrogen) atoms. The molecule has 0 bridgehead atoms. The van der Waals surface area contributed by atoms with Crippen LogP contribution in [0.3, 0.4) is 0 Å². The lowest BCUT2D eigenvalue weighted by atomic mass is 9.96. The van der Waals surface area contributed by atoms with E-state index in [1.807, 2.05) is 6.07 Å². The van der Waals surface area contributed by atoms with E-state index >= 15 is 0 Å². The van der Waals surface area contributed by atoms with E-state index in [1.165, 1.54) is 0 Å². The monoisotopic (exact) mass is 237 g/mol. The minimum atomic E-state index is -0.0985. The third-order valence-electron chi connectivity index (χ3n) is 2.55. The topological polar surface area (TPSA) is 75.9 Å². The number of hydrazine groups is 1. The largest absolute Gasteiger partial charge is 0.367 e. The molecule has 1 aromatic heterocycles. The van der Waals surface area contributed by atoms with Gasteiger partial charge in [0, 0.05) is 17.5 Å². The first-order valence-electron chi connectivity index (χ1n) is 5.99. The summed E-state index contributed by atoms with van der Waals surface area (Å²) in [5.74, 6) is 7.65. The Kier molecular flexibility index (Phi) is 4.28. The molecule has 0 amide bonds. The van der Waals surface area contributed by atoms with Crippen LogP contribution in [0.4, 0.5) is 11.6 Å². The number of hydrogen-bond acceptors (Lipinski definition) is 5. The molecule has 5 heteroatoms. The maximum atomic E-state index is 5.43. The summed E-state index contributed by atoms with van der Waals surface area (Å²) >= 11 is 0. The van der Waals surface area contributed by atoms with Crippen LogP contribution in [0, 0.1) is 0 Å². The van der Waals surface area contributed by atoms with Crippen LogP contribution in [0.2, 0.25) is 0 Å². The van der Waals surface area contributed by atoms with Crippen LogP contribution >= 0.6 is 0 Å². The molecule has 0 radical (unpaired) electrons. The molecule has 0 aliphatic rings. The summed E-state index contributed by atoms with van der Waals surface area (Å²) < 4.78 is 0. The number of aromatic nitrogens is 2. The van der Waals surface area contributed by atoms with Crippen LogP contribution in [0.15, 0.2) is 6.07 Å². The number of nitrogens with zero attached hydrogens (tertiary/aromatic N) is 2. The standard InChI is InChI=1S/C12H23N5/c1-6-8(2)14-9-7-10(17-13)16-11(15-9)12(3,4)5/h7-8H,6,13H2,1-5H3,(H2,14,15,16,17). The smallest absolute Gasteiger partial charge is 0.145 e. The van der Waals surface area contributed by atoms with Crippen molar-refractivity contribution in [2.75, 3.05) is 10.7 Å². The van der Waals surface area contributed by atoms with Gasteiger partial charge in [-0.1, -0.05) is 27.7 Å². The van der Waals surface area contributed by atoms with E-state index in [0.717, 1.165) is 18.1 Å². The van der Waals surface area contributed by atoms with Gasteiger partial charge in [-0.2, -0.15) is 0 Å². The van der Waals surface area contributed by atoms with Gasteiger partial charge in [0.15, 0.2) is 0 Å². The highest BCUT2D eigenvalue weighted by molar-refractivity contribution is 5.47. The lowest BCUT2D eigenvalue weighted by molar-refractivity contribution is 0.546. The van der Waals surface area contributed by atoms with Crippen molar-refractivity contribution in [3.05, 3.63) is 11.9 Å². The molecule has 1 atom stereocenters. The first-order chi connectivity index (χ1) is 7.86. The number of nitrogen functional groups attached to an aromatic ring is 1. The fourth-order valence-corrected chi connectivity index (χ4v) is 1.29. The third kappa shape index (κ3) is 3.85. The molecule has 1 rings (SSSR count). The maximum absolute atomic E-state index is 5.43. The van der Waals surface area contributed by atoms with Gasteiger partial charge < -0.3 is 10.7 Å². The van der Waals surface area contributed by atoms with Crippen LogP contribution < -0.4 is 16.6 Å². The summed E-state index contributed by atoms with van der Waals surface area (Å²) in [5, 5.41) is 3.33. The molecule has 1 heterocycles. The maximum Gasteiger partial charge on any atom is 0.145 e. The Bertz CT molecular complexity index is 370. The molecule has 0 saturated carbocycles. The summed E-state index contributed by atoms with van der Waals surface area (Å²) in [5.41, 5.74) is 2.48. The van der Waals surface area contributed by atoms with Gasteiger partial charge in [-0.15, -0.1) is 0 Å². The van der Waals surface area contributed by atoms with Gasteiger partial charge in [0.05, 0.1) is 0 Å². The molecule has 4 N–H and O–H groups in total. The molecule has 0 saturated heterocycles. The Morgan fingerprint density at radius 2 is 1.88 bits per heavy atom. The van der Waals surface area contributed by atoms with Crippen LogP contribution in [0.1, 0.15) is 46.9 Å². The van der Waals surface area contributed by atoms with E-state index in [1.54, 1.807) is 0 Å². The zero-order chi connectivity index (χ0) is 13.1. The predicted molar refractivity (Wildman–Crippen MR) is 71.9 cm³/mol. The van der Waals surface area contributed by atoms with Crippen LogP contribution in [-0.2, 0) is 5.41 Å². The Morgan fingerprint density at radius 3 is 2.35 bits per heavy atom. The molecule has 0 aliphatic heterocycles. The van der Waals surface area contributed by atoms with Crippen molar-refractivity contribution in [1.29, 1.82) is 0 Å². The summed E-state index contributed by atoms with van der Waals surface area (Å²) in [6.07, 6.45) is 1.04. The molecule has 96 valence electrons. The fraction of sp³-hybridized carbons (Fsp3) is 0.667. The quantitative estimate of drug-likeness (QED) is 0.553. The summed E-state index contributed by atoms with van der Waals surface area (Å²) in [6, 6.07) is 2.20. The number of hydrogen-bond donors (Lipinski definition) is 3. The SMILES string of the molecule is CCC(C)Nc1cc(NN)nc(C(C)(C)C)n1. The van der Waals surface area contributed by atoms with E-state index in [9.17, 15) is 0 Å². The van der Waals surface area contributed by atoms with Crippen LogP contribution in [-0.4, -0.2) is 16.0 Å². The molecule has 0 aromatic carbocycles. The molecule has 0 fully saturated rings. The van der Waals surface area contributed by atoms with Crippen LogP contribution in [0.25, 0.3) is 0 Å². The molecule has 0 spiro atoms. The van der Waals surface area contributed by atoms with Crippen molar-refractivity contribution in [3.63, 3.8) is 0 Å². The van der Waals surface area contributed by atoms with Gasteiger partial charge in [0.25, 0.3) is 0 Å². The second kappa shape index (κ2) is 5.31. The second-order valence-corrected chi connectivity index (χ2v) is 5.31. The van der Waals surface area contributed by atoms with Crippen molar-refractivity contribution >= 4 is 11.6 Å². The van der Waals surface area contributed by atoms with Gasteiger partial charge in [-0.25, -0.2) is 15.8 Å². The number of anilines is 2. The normalized spacial score (nSPS) is 13.3. The first kappa shape index (κ1) is 13.7.